The molecule has 2 heterocycles. The van der Waals surface area contributed by atoms with Gasteiger partial charge in [-0.25, -0.2) is 8.42 Å². The molecule has 0 bridgehead atoms. The van der Waals surface area contributed by atoms with Crippen molar-refractivity contribution in [1.29, 1.82) is 0 Å². The van der Waals surface area contributed by atoms with Gasteiger partial charge in [0, 0.05) is 13.5 Å². The maximum Gasteiger partial charge on any atom is 0.304 e. The van der Waals surface area contributed by atoms with E-state index in [-0.39, 0.29) is 42.1 Å². The molecule has 1 aliphatic rings. The number of aliphatic carboxylic acids is 1. The summed E-state index contributed by atoms with van der Waals surface area (Å²) < 4.78 is 40.5. The summed E-state index contributed by atoms with van der Waals surface area (Å²) in [7, 11) is -3.84. The molecule has 37 heavy (non-hydrogen) atoms. The lowest BCUT2D eigenvalue weighted by Gasteiger charge is -2.24. The van der Waals surface area contributed by atoms with E-state index in [2.05, 4.69) is 0 Å². The highest BCUT2D eigenvalue weighted by Crippen LogP contribution is 2.35. The zero-order valence-electron chi connectivity index (χ0n) is 21.1. The zero-order valence-corrected chi connectivity index (χ0v) is 22.0. The SMILES string of the molecule is CCC[C@@H]1CN(Cc2cc(C(CC(=O)O)c3ccc(C(C)=O)o3)ccc2C)S(=O)(=O)c2ccccc2O1. The average molecular weight is 526 g/mol. The molecule has 1 aromatic heterocycles. The Morgan fingerprint density at radius 3 is 2.57 bits per heavy atom. The van der Waals surface area contributed by atoms with Gasteiger partial charge in [0.1, 0.15) is 22.5 Å². The first-order chi connectivity index (χ1) is 17.6. The third-order valence-electron chi connectivity index (χ3n) is 6.60. The van der Waals surface area contributed by atoms with Crippen LogP contribution in [-0.2, 0) is 21.4 Å². The number of ketones is 1. The van der Waals surface area contributed by atoms with Gasteiger partial charge in [0.25, 0.3) is 0 Å². The molecule has 2 aromatic carbocycles. The summed E-state index contributed by atoms with van der Waals surface area (Å²) in [5.41, 5.74) is 2.30. The second kappa shape index (κ2) is 10.9. The molecule has 0 amide bonds. The predicted octanol–water partition coefficient (Wildman–Crippen LogP) is 5.15. The Hall–Kier alpha value is -3.43. The van der Waals surface area contributed by atoms with Crippen molar-refractivity contribution in [2.45, 2.75) is 63.5 Å². The minimum atomic E-state index is -3.84. The van der Waals surface area contributed by atoms with Crippen molar-refractivity contribution in [3.63, 3.8) is 0 Å². The molecule has 4 rings (SSSR count). The Morgan fingerprint density at radius 2 is 1.89 bits per heavy atom. The smallest absolute Gasteiger partial charge is 0.304 e. The van der Waals surface area contributed by atoms with Crippen LogP contribution in [0.25, 0.3) is 0 Å². The van der Waals surface area contributed by atoms with E-state index in [9.17, 15) is 23.1 Å². The van der Waals surface area contributed by atoms with Crippen molar-refractivity contribution in [2.24, 2.45) is 0 Å². The fraction of sp³-hybridized carbons (Fsp3) is 0.357. The van der Waals surface area contributed by atoms with Crippen LogP contribution in [0.2, 0.25) is 0 Å². The first kappa shape index (κ1) is 26.6. The molecule has 3 aromatic rings. The Bertz CT molecular complexity index is 1410. The molecule has 0 spiro atoms. The fourth-order valence-electron chi connectivity index (χ4n) is 4.62. The third-order valence-corrected chi connectivity index (χ3v) is 8.45. The number of carbonyl (C=O) groups is 2. The lowest BCUT2D eigenvalue weighted by Crippen LogP contribution is -2.36. The molecule has 0 radical (unpaired) electrons. The van der Waals surface area contributed by atoms with Crippen LogP contribution in [0.3, 0.4) is 0 Å². The summed E-state index contributed by atoms with van der Waals surface area (Å²) >= 11 is 0. The number of hydrogen-bond acceptors (Lipinski definition) is 6. The first-order valence-electron chi connectivity index (χ1n) is 12.3. The molecular formula is C28H31NO7S. The number of sulfonamides is 1. The molecule has 0 saturated carbocycles. The van der Waals surface area contributed by atoms with E-state index in [1.54, 1.807) is 30.3 Å². The number of carboxylic acids is 1. The number of Topliss-reactive ketones (excluding diaryl/α,β-unsaturated/α-hetero) is 1. The van der Waals surface area contributed by atoms with Crippen LogP contribution in [-0.4, -0.2) is 42.2 Å². The minimum Gasteiger partial charge on any atom is -0.488 e. The molecule has 0 saturated heterocycles. The number of carboxylic acid groups (broad SMARTS) is 1. The molecule has 1 unspecified atom stereocenters. The van der Waals surface area contributed by atoms with Gasteiger partial charge in [0.15, 0.2) is 11.5 Å². The average Bonchev–Trinajstić information content (AvgIpc) is 3.31. The summed E-state index contributed by atoms with van der Waals surface area (Å²) in [6.45, 7) is 5.61. The van der Waals surface area contributed by atoms with E-state index >= 15 is 0 Å². The second-order valence-corrected chi connectivity index (χ2v) is 11.3. The number of fused-ring (bicyclic) bond motifs is 1. The highest BCUT2D eigenvalue weighted by atomic mass is 32.2. The van der Waals surface area contributed by atoms with Crippen LogP contribution in [0.1, 0.15) is 72.0 Å². The van der Waals surface area contributed by atoms with Crippen LogP contribution in [0.15, 0.2) is 63.9 Å². The monoisotopic (exact) mass is 525 g/mol. The number of rotatable bonds is 9. The number of carbonyl (C=O) groups excluding carboxylic acids is 1. The highest BCUT2D eigenvalue weighted by molar-refractivity contribution is 7.89. The van der Waals surface area contributed by atoms with E-state index in [0.29, 0.717) is 23.5 Å². The van der Waals surface area contributed by atoms with Crippen molar-refractivity contribution in [2.75, 3.05) is 6.54 Å². The fourth-order valence-corrected chi connectivity index (χ4v) is 6.19. The molecule has 0 aliphatic carbocycles. The predicted molar refractivity (Wildman–Crippen MR) is 137 cm³/mol. The van der Waals surface area contributed by atoms with Crippen LogP contribution in [0, 0.1) is 6.92 Å². The van der Waals surface area contributed by atoms with Crippen molar-refractivity contribution in [1.82, 2.24) is 4.31 Å². The summed E-state index contributed by atoms with van der Waals surface area (Å²) in [6, 6.07) is 15.3. The van der Waals surface area contributed by atoms with E-state index in [0.717, 1.165) is 17.5 Å². The highest BCUT2D eigenvalue weighted by Gasteiger charge is 2.35. The minimum absolute atomic E-state index is 0.108. The van der Waals surface area contributed by atoms with Crippen LogP contribution < -0.4 is 4.74 Å². The number of para-hydroxylation sites is 1. The molecule has 2 atom stereocenters. The summed E-state index contributed by atoms with van der Waals surface area (Å²) in [5.74, 6) is -1.01. The maximum atomic E-state index is 13.7. The number of nitrogens with zero attached hydrogens (tertiary/aromatic N) is 1. The van der Waals surface area contributed by atoms with Crippen molar-refractivity contribution >= 4 is 21.8 Å². The normalized spacial score (nSPS) is 17.9. The Labute approximate surface area is 216 Å². The molecule has 1 aliphatic heterocycles. The number of ether oxygens (including phenoxy) is 1. The van der Waals surface area contributed by atoms with Crippen LogP contribution >= 0.6 is 0 Å². The topological polar surface area (TPSA) is 114 Å². The zero-order chi connectivity index (χ0) is 26.7. The summed E-state index contributed by atoms with van der Waals surface area (Å²) in [4.78, 5) is 23.6. The number of aryl methyl sites for hydroxylation is 1. The molecule has 0 fully saturated rings. The van der Waals surface area contributed by atoms with Gasteiger partial charge in [-0.15, -0.1) is 0 Å². The molecule has 1 N–H and O–H groups in total. The van der Waals surface area contributed by atoms with Gasteiger partial charge in [-0.1, -0.05) is 43.7 Å². The number of hydrogen-bond donors (Lipinski definition) is 1. The molecular weight excluding hydrogens is 494 g/mol. The van der Waals surface area contributed by atoms with Gasteiger partial charge in [0.2, 0.25) is 10.0 Å². The van der Waals surface area contributed by atoms with E-state index in [4.69, 9.17) is 9.15 Å². The van der Waals surface area contributed by atoms with Gasteiger partial charge in [-0.2, -0.15) is 4.31 Å². The third kappa shape index (κ3) is 5.78. The van der Waals surface area contributed by atoms with Gasteiger partial charge in [-0.3, -0.25) is 9.59 Å². The largest absolute Gasteiger partial charge is 0.488 e. The van der Waals surface area contributed by atoms with Crippen LogP contribution in [0.4, 0.5) is 0 Å². The summed E-state index contributed by atoms with van der Waals surface area (Å²) in [6.07, 6.45) is 1.02. The standard InChI is InChI=1S/C28H31NO7S/c1-4-7-22-17-29(37(33,34)27-9-6-5-8-26(27)35-22)16-21-14-20(11-10-18(21)2)23(15-28(31)32)25-13-12-24(36-25)19(3)30/h5-6,8-14,22-23H,4,7,15-17H2,1-3H3,(H,31,32)/t22-,23?/m1/s1. The Kier molecular flexibility index (Phi) is 7.85. The molecule has 8 nitrogen and oxygen atoms in total. The molecule has 9 heteroatoms. The van der Waals surface area contributed by atoms with Crippen molar-refractivity contribution in [3.05, 3.63) is 82.8 Å². The van der Waals surface area contributed by atoms with E-state index in [1.165, 1.54) is 17.3 Å². The second-order valence-electron chi connectivity index (χ2n) is 9.37. The summed E-state index contributed by atoms with van der Waals surface area (Å²) in [5, 5.41) is 9.57. The van der Waals surface area contributed by atoms with Gasteiger partial charge in [0.05, 0.1) is 18.9 Å². The van der Waals surface area contributed by atoms with Crippen molar-refractivity contribution in [3.8, 4) is 5.75 Å². The first-order valence-corrected chi connectivity index (χ1v) is 13.7. The Balaban J connectivity index is 1.72. The van der Waals surface area contributed by atoms with Crippen molar-refractivity contribution < 1.29 is 32.3 Å². The maximum absolute atomic E-state index is 13.7. The lowest BCUT2D eigenvalue weighted by molar-refractivity contribution is -0.137. The van der Waals surface area contributed by atoms with Crippen LogP contribution in [0.5, 0.6) is 5.75 Å². The van der Waals surface area contributed by atoms with Gasteiger partial charge < -0.3 is 14.3 Å². The van der Waals surface area contributed by atoms with E-state index in [1.807, 2.05) is 32.0 Å². The van der Waals surface area contributed by atoms with Gasteiger partial charge >= 0.3 is 5.97 Å². The quantitative estimate of drug-likeness (QED) is 0.384. The lowest BCUT2D eigenvalue weighted by atomic mass is 9.90. The van der Waals surface area contributed by atoms with Gasteiger partial charge in [-0.05, 0) is 54.3 Å². The number of furan rings is 1. The number of benzene rings is 2. The Morgan fingerprint density at radius 1 is 1.14 bits per heavy atom. The molecule has 196 valence electrons. The van der Waals surface area contributed by atoms with E-state index < -0.39 is 21.9 Å².